The number of benzene rings is 1. The third-order valence-electron chi connectivity index (χ3n) is 4.12. The molecule has 1 aromatic heterocycles. The summed E-state index contributed by atoms with van der Waals surface area (Å²) in [6, 6.07) is 3.04. The Kier molecular flexibility index (Phi) is 5.98. The lowest BCUT2D eigenvalue weighted by molar-refractivity contribution is -0.138. The molecular formula is C18H20BrN5O4. The number of ether oxygens (including phenoxy) is 3. The maximum atomic E-state index is 12.8. The van der Waals surface area contributed by atoms with Gasteiger partial charge in [-0.3, -0.25) is 0 Å². The van der Waals surface area contributed by atoms with Crippen LogP contribution >= 0.6 is 15.9 Å². The van der Waals surface area contributed by atoms with Crippen LogP contribution in [0.3, 0.4) is 0 Å². The van der Waals surface area contributed by atoms with Crippen LogP contribution in [0.4, 0.5) is 5.95 Å². The standard InChI is InChI=1S/C18H20BrN5O4/c1-5-7-28-17(25)14-10(3)20-18-21-22-23-24(18)15(14)11-8-12(19)16(27-6-2)13(9-11)26-4/h5,8-9,15H,1,6-7H2,2-4H3,(H,20,21,23). The van der Waals surface area contributed by atoms with Gasteiger partial charge in [0.2, 0.25) is 5.95 Å². The Hall–Kier alpha value is -2.88. The van der Waals surface area contributed by atoms with Crippen molar-refractivity contribution in [2.24, 2.45) is 0 Å². The van der Waals surface area contributed by atoms with Crippen LogP contribution in [-0.2, 0) is 9.53 Å². The molecule has 1 aromatic carbocycles. The van der Waals surface area contributed by atoms with Gasteiger partial charge in [-0.05, 0) is 57.9 Å². The SMILES string of the molecule is C=CCOC(=O)C1=C(C)Nc2nnnn2C1c1cc(Br)c(OCC)c(OC)c1. The minimum absolute atomic E-state index is 0.0983. The lowest BCUT2D eigenvalue weighted by Crippen LogP contribution is -2.29. The largest absolute Gasteiger partial charge is 0.493 e. The summed E-state index contributed by atoms with van der Waals surface area (Å²) < 4.78 is 18.7. The van der Waals surface area contributed by atoms with Crippen molar-refractivity contribution in [1.82, 2.24) is 20.2 Å². The van der Waals surface area contributed by atoms with Crippen LogP contribution in [-0.4, -0.2) is 46.5 Å². The smallest absolute Gasteiger partial charge is 0.338 e. The van der Waals surface area contributed by atoms with Gasteiger partial charge < -0.3 is 19.5 Å². The van der Waals surface area contributed by atoms with Crippen molar-refractivity contribution < 1.29 is 19.0 Å². The molecule has 0 aliphatic carbocycles. The molecule has 10 heteroatoms. The lowest BCUT2D eigenvalue weighted by Gasteiger charge is -2.28. The number of nitrogens with one attached hydrogen (secondary N) is 1. The average Bonchev–Trinajstić information content (AvgIpc) is 3.14. The van der Waals surface area contributed by atoms with E-state index in [1.807, 2.05) is 13.0 Å². The van der Waals surface area contributed by atoms with Gasteiger partial charge in [0.25, 0.3) is 0 Å². The molecule has 0 bridgehead atoms. The molecule has 1 atom stereocenters. The van der Waals surface area contributed by atoms with Crippen LogP contribution < -0.4 is 14.8 Å². The molecule has 1 N–H and O–H groups in total. The molecule has 2 heterocycles. The Morgan fingerprint density at radius 1 is 1.46 bits per heavy atom. The molecule has 0 fully saturated rings. The topological polar surface area (TPSA) is 100 Å². The molecule has 3 rings (SSSR count). The number of carbonyl (C=O) groups is 1. The molecule has 0 saturated heterocycles. The molecule has 28 heavy (non-hydrogen) atoms. The van der Waals surface area contributed by atoms with Gasteiger partial charge in [-0.2, -0.15) is 4.68 Å². The molecule has 1 aliphatic rings. The summed E-state index contributed by atoms with van der Waals surface area (Å²) in [5.41, 5.74) is 1.72. The number of nitrogens with zero attached hydrogens (tertiary/aromatic N) is 4. The van der Waals surface area contributed by atoms with Crippen LogP contribution in [0.1, 0.15) is 25.5 Å². The van der Waals surface area contributed by atoms with Gasteiger partial charge in [-0.1, -0.05) is 17.8 Å². The highest BCUT2D eigenvalue weighted by molar-refractivity contribution is 9.10. The van der Waals surface area contributed by atoms with E-state index in [0.717, 1.165) is 5.56 Å². The molecular weight excluding hydrogens is 430 g/mol. The first kappa shape index (κ1) is 19.9. The summed E-state index contributed by atoms with van der Waals surface area (Å²) in [5, 5.41) is 14.8. The molecule has 1 unspecified atom stereocenters. The van der Waals surface area contributed by atoms with E-state index in [9.17, 15) is 4.79 Å². The van der Waals surface area contributed by atoms with Crippen LogP contribution in [0, 0.1) is 0 Å². The number of esters is 1. The number of anilines is 1. The number of hydrogen-bond donors (Lipinski definition) is 1. The second-order valence-corrected chi connectivity index (χ2v) is 6.72. The van der Waals surface area contributed by atoms with E-state index in [1.54, 1.807) is 20.1 Å². The van der Waals surface area contributed by atoms with Crippen molar-refractivity contribution in [2.45, 2.75) is 19.9 Å². The summed E-state index contributed by atoms with van der Waals surface area (Å²) in [5.74, 6) is 1.04. The first-order chi connectivity index (χ1) is 13.5. The molecule has 1 aliphatic heterocycles. The quantitative estimate of drug-likeness (QED) is 0.508. The number of hydrogen-bond acceptors (Lipinski definition) is 8. The van der Waals surface area contributed by atoms with Gasteiger partial charge in [0.1, 0.15) is 12.6 Å². The van der Waals surface area contributed by atoms with E-state index >= 15 is 0 Å². The zero-order valence-electron chi connectivity index (χ0n) is 15.7. The summed E-state index contributed by atoms with van der Waals surface area (Å²) >= 11 is 3.52. The highest BCUT2D eigenvalue weighted by Gasteiger charge is 2.35. The maximum Gasteiger partial charge on any atom is 0.338 e. The predicted molar refractivity (Wildman–Crippen MR) is 105 cm³/mol. The minimum Gasteiger partial charge on any atom is -0.493 e. The van der Waals surface area contributed by atoms with Gasteiger partial charge in [0, 0.05) is 5.70 Å². The summed E-state index contributed by atoms with van der Waals surface area (Å²) in [7, 11) is 1.55. The number of carbonyl (C=O) groups excluding carboxylic acids is 1. The van der Waals surface area contributed by atoms with Crippen molar-refractivity contribution in [2.75, 3.05) is 25.6 Å². The number of tetrazole rings is 1. The Labute approximate surface area is 170 Å². The lowest BCUT2D eigenvalue weighted by atomic mass is 9.95. The third kappa shape index (κ3) is 3.59. The third-order valence-corrected chi connectivity index (χ3v) is 4.71. The minimum atomic E-state index is -0.607. The van der Waals surface area contributed by atoms with Crippen LogP contribution in [0.5, 0.6) is 11.5 Å². The number of allylic oxidation sites excluding steroid dienone is 1. The Morgan fingerprint density at radius 2 is 2.25 bits per heavy atom. The van der Waals surface area contributed by atoms with Crippen LogP contribution in [0.25, 0.3) is 0 Å². The number of halogens is 1. The van der Waals surface area contributed by atoms with Gasteiger partial charge in [-0.15, -0.1) is 0 Å². The Morgan fingerprint density at radius 3 is 2.93 bits per heavy atom. The molecule has 0 amide bonds. The fourth-order valence-corrected chi connectivity index (χ4v) is 3.55. The van der Waals surface area contributed by atoms with Crippen molar-refractivity contribution in [3.8, 4) is 11.5 Å². The van der Waals surface area contributed by atoms with Crippen molar-refractivity contribution in [1.29, 1.82) is 0 Å². The van der Waals surface area contributed by atoms with E-state index in [4.69, 9.17) is 14.2 Å². The maximum absolute atomic E-state index is 12.8. The summed E-state index contributed by atoms with van der Waals surface area (Å²) in [6.07, 6.45) is 1.51. The fourth-order valence-electron chi connectivity index (χ4n) is 2.98. The molecule has 2 aromatic rings. The van der Waals surface area contributed by atoms with Crippen molar-refractivity contribution in [3.63, 3.8) is 0 Å². The highest BCUT2D eigenvalue weighted by Crippen LogP contribution is 2.42. The predicted octanol–water partition coefficient (Wildman–Crippen LogP) is 2.86. The fraction of sp³-hybridized carbons (Fsp3) is 0.333. The summed E-state index contributed by atoms with van der Waals surface area (Å²) in [6.45, 7) is 7.82. The van der Waals surface area contributed by atoms with Gasteiger partial charge >= 0.3 is 5.97 Å². The molecule has 0 radical (unpaired) electrons. The van der Waals surface area contributed by atoms with E-state index in [1.165, 1.54) is 10.8 Å². The zero-order valence-corrected chi connectivity index (χ0v) is 17.3. The van der Waals surface area contributed by atoms with E-state index in [0.29, 0.717) is 39.8 Å². The van der Waals surface area contributed by atoms with E-state index in [-0.39, 0.29) is 6.61 Å². The Balaban J connectivity index is 2.15. The van der Waals surface area contributed by atoms with Gasteiger partial charge in [-0.25, -0.2) is 4.79 Å². The highest BCUT2D eigenvalue weighted by atomic mass is 79.9. The molecule has 9 nitrogen and oxygen atoms in total. The van der Waals surface area contributed by atoms with Crippen molar-refractivity contribution in [3.05, 3.63) is 46.1 Å². The number of fused-ring (bicyclic) bond motifs is 1. The normalized spacial score (nSPS) is 15.5. The van der Waals surface area contributed by atoms with Crippen LogP contribution in [0.15, 0.2) is 40.5 Å². The van der Waals surface area contributed by atoms with Gasteiger partial charge in [0.15, 0.2) is 11.5 Å². The average molecular weight is 450 g/mol. The second-order valence-electron chi connectivity index (χ2n) is 5.87. The van der Waals surface area contributed by atoms with E-state index < -0.39 is 12.0 Å². The number of aromatic nitrogens is 4. The van der Waals surface area contributed by atoms with Crippen molar-refractivity contribution >= 4 is 27.8 Å². The van der Waals surface area contributed by atoms with Gasteiger partial charge in [0.05, 0.1) is 23.8 Å². The Bertz CT molecular complexity index is 940. The summed E-state index contributed by atoms with van der Waals surface area (Å²) in [4.78, 5) is 12.8. The zero-order chi connectivity index (χ0) is 20.3. The molecule has 0 spiro atoms. The molecule has 0 saturated carbocycles. The monoisotopic (exact) mass is 449 g/mol. The number of methoxy groups -OCH3 is 1. The van der Waals surface area contributed by atoms with E-state index in [2.05, 4.69) is 43.4 Å². The first-order valence-corrected chi connectivity index (χ1v) is 9.35. The molecule has 148 valence electrons. The first-order valence-electron chi connectivity index (χ1n) is 8.55. The second kappa shape index (κ2) is 8.42. The van der Waals surface area contributed by atoms with Crippen LogP contribution in [0.2, 0.25) is 0 Å². The number of rotatable bonds is 7.